The van der Waals surface area contributed by atoms with Crippen LogP contribution in [0.1, 0.15) is 49.7 Å². The third-order valence-corrected chi connectivity index (χ3v) is 4.93. The Kier molecular flexibility index (Phi) is 5.71. The van der Waals surface area contributed by atoms with Gasteiger partial charge < -0.3 is 14.7 Å². The highest BCUT2D eigenvalue weighted by Crippen LogP contribution is 2.36. The van der Waals surface area contributed by atoms with Crippen LogP contribution >= 0.6 is 0 Å². The molecule has 2 heterocycles. The Morgan fingerprint density at radius 2 is 2.08 bits per heavy atom. The number of carbonyl (C=O) groups excluding carboxylic acids is 2. The first-order valence-electron chi connectivity index (χ1n) is 9.20. The molecule has 1 fully saturated rings. The van der Waals surface area contributed by atoms with Crippen LogP contribution in [0.15, 0.2) is 40.9 Å². The molecule has 0 saturated carbocycles. The molecular formula is C20H25N3O3. The lowest BCUT2D eigenvalue weighted by Gasteiger charge is -2.40. The number of hydrogen-bond donors (Lipinski definition) is 1. The molecule has 6 heteroatoms. The second-order valence-electron chi connectivity index (χ2n) is 6.54. The van der Waals surface area contributed by atoms with Crippen molar-refractivity contribution in [3.8, 4) is 0 Å². The third-order valence-electron chi connectivity index (χ3n) is 4.93. The zero-order chi connectivity index (χ0) is 18.5. The van der Waals surface area contributed by atoms with Crippen LogP contribution < -0.4 is 5.32 Å². The number of nitrogens with zero attached hydrogens (tertiary/aromatic N) is 2. The average molecular weight is 355 g/mol. The van der Waals surface area contributed by atoms with Crippen molar-refractivity contribution in [3.05, 3.63) is 53.4 Å². The van der Waals surface area contributed by atoms with Crippen LogP contribution in [0, 0.1) is 5.92 Å². The summed E-state index contributed by atoms with van der Waals surface area (Å²) in [7, 11) is 0. The minimum absolute atomic E-state index is 0.0562. The van der Waals surface area contributed by atoms with Gasteiger partial charge in [-0.3, -0.25) is 9.59 Å². The smallest absolute Gasteiger partial charge is 0.225 e. The molecule has 1 aliphatic rings. The molecule has 3 rings (SSSR count). The molecule has 1 N–H and O–H groups in total. The van der Waals surface area contributed by atoms with Gasteiger partial charge in [-0.15, -0.1) is 0 Å². The highest BCUT2D eigenvalue weighted by Gasteiger charge is 2.39. The topological polar surface area (TPSA) is 75.4 Å². The van der Waals surface area contributed by atoms with Crippen molar-refractivity contribution in [2.75, 3.05) is 6.54 Å². The Bertz CT molecular complexity index is 757. The summed E-state index contributed by atoms with van der Waals surface area (Å²) >= 11 is 0. The van der Waals surface area contributed by atoms with E-state index < -0.39 is 0 Å². The van der Waals surface area contributed by atoms with E-state index in [0.29, 0.717) is 31.7 Å². The van der Waals surface area contributed by atoms with Crippen molar-refractivity contribution in [1.82, 2.24) is 15.4 Å². The van der Waals surface area contributed by atoms with Gasteiger partial charge in [-0.2, -0.15) is 0 Å². The van der Waals surface area contributed by atoms with Crippen LogP contribution in [0.25, 0.3) is 0 Å². The lowest BCUT2D eigenvalue weighted by atomic mass is 9.83. The first-order valence-corrected chi connectivity index (χ1v) is 9.20. The highest BCUT2D eigenvalue weighted by molar-refractivity contribution is 5.85. The van der Waals surface area contributed by atoms with Gasteiger partial charge in [-0.05, 0) is 25.3 Å². The van der Waals surface area contributed by atoms with Crippen molar-refractivity contribution < 1.29 is 14.1 Å². The van der Waals surface area contributed by atoms with Crippen LogP contribution in [0.5, 0.6) is 0 Å². The van der Waals surface area contributed by atoms with Crippen molar-refractivity contribution in [2.24, 2.45) is 5.92 Å². The van der Waals surface area contributed by atoms with E-state index >= 15 is 0 Å². The van der Waals surface area contributed by atoms with E-state index in [0.717, 1.165) is 17.7 Å². The molecular weight excluding hydrogens is 330 g/mol. The van der Waals surface area contributed by atoms with E-state index in [4.69, 9.17) is 4.52 Å². The molecule has 2 atom stereocenters. The number of rotatable bonds is 6. The Hall–Kier alpha value is -2.63. The molecule has 0 bridgehead atoms. The minimum Gasteiger partial charge on any atom is -0.359 e. The normalized spacial score (nSPS) is 20.2. The van der Waals surface area contributed by atoms with Gasteiger partial charge in [0, 0.05) is 19.0 Å². The monoisotopic (exact) mass is 355 g/mol. The highest BCUT2D eigenvalue weighted by atomic mass is 16.5. The SMILES string of the molecule is CCc1cc(CNC(=O)[C@@H]2CCC(=O)N(CC)[C@H]2c2ccccc2)on1. The van der Waals surface area contributed by atoms with Crippen LogP contribution in [-0.4, -0.2) is 28.4 Å². The van der Waals surface area contributed by atoms with Gasteiger partial charge in [0.1, 0.15) is 0 Å². The van der Waals surface area contributed by atoms with Crippen LogP contribution in [0.2, 0.25) is 0 Å². The molecule has 2 aromatic rings. The molecule has 138 valence electrons. The number of carbonyl (C=O) groups is 2. The predicted molar refractivity (Wildman–Crippen MR) is 97.0 cm³/mol. The first-order chi connectivity index (χ1) is 12.6. The van der Waals surface area contributed by atoms with Crippen LogP contribution in [-0.2, 0) is 22.6 Å². The Morgan fingerprint density at radius 3 is 2.73 bits per heavy atom. The number of amides is 2. The fraction of sp³-hybridized carbons (Fsp3) is 0.450. The number of aromatic nitrogens is 1. The summed E-state index contributed by atoms with van der Waals surface area (Å²) in [6.45, 7) is 4.85. The summed E-state index contributed by atoms with van der Waals surface area (Å²) in [6, 6.07) is 11.4. The molecule has 1 aliphatic heterocycles. The predicted octanol–water partition coefficient (Wildman–Crippen LogP) is 2.85. The molecule has 6 nitrogen and oxygen atoms in total. The lowest BCUT2D eigenvalue weighted by Crippen LogP contribution is -2.47. The van der Waals surface area contributed by atoms with Crippen LogP contribution in [0.3, 0.4) is 0 Å². The molecule has 0 spiro atoms. The van der Waals surface area contributed by atoms with E-state index in [-0.39, 0.29) is 23.8 Å². The van der Waals surface area contributed by atoms with E-state index in [1.807, 2.05) is 55.1 Å². The zero-order valence-corrected chi connectivity index (χ0v) is 15.3. The number of benzene rings is 1. The maximum absolute atomic E-state index is 12.9. The lowest BCUT2D eigenvalue weighted by molar-refractivity contribution is -0.143. The fourth-order valence-electron chi connectivity index (χ4n) is 3.57. The Morgan fingerprint density at radius 1 is 1.31 bits per heavy atom. The Labute approximate surface area is 153 Å². The standard InChI is InChI=1S/C20H25N3O3/c1-3-15-12-16(26-22-15)13-21-20(25)17-10-11-18(24)23(4-2)19(17)14-8-6-5-7-9-14/h5-9,12,17,19H,3-4,10-11,13H2,1-2H3,(H,21,25)/t17-,19+/m1/s1. The summed E-state index contributed by atoms with van der Waals surface area (Å²) in [4.78, 5) is 27.1. The van der Waals surface area contributed by atoms with E-state index in [1.165, 1.54) is 0 Å². The number of aryl methyl sites for hydroxylation is 1. The number of likely N-dealkylation sites (tertiary alicyclic amines) is 1. The first kappa shape index (κ1) is 18.2. The number of hydrogen-bond acceptors (Lipinski definition) is 4. The van der Waals surface area contributed by atoms with Gasteiger partial charge in [-0.25, -0.2) is 0 Å². The zero-order valence-electron chi connectivity index (χ0n) is 15.3. The fourth-order valence-corrected chi connectivity index (χ4v) is 3.57. The third kappa shape index (κ3) is 3.79. The maximum Gasteiger partial charge on any atom is 0.225 e. The van der Waals surface area contributed by atoms with Gasteiger partial charge in [0.25, 0.3) is 0 Å². The average Bonchev–Trinajstić information content (AvgIpc) is 3.14. The molecule has 1 aromatic heterocycles. The summed E-state index contributed by atoms with van der Waals surface area (Å²) in [6.07, 6.45) is 1.75. The Balaban J connectivity index is 1.76. The molecule has 2 amide bonds. The van der Waals surface area contributed by atoms with Crippen LogP contribution in [0.4, 0.5) is 0 Å². The van der Waals surface area contributed by atoms with Crippen molar-refractivity contribution in [3.63, 3.8) is 0 Å². The van der Waals surface area contributed by atoms with Gasteiger partial charge in [0.15, 0.2) is 5.76 Å². The second kappa shape index (κ2) is 8.17. The summed E-state index contributed by atoms with van der Waals surface area (Å²) in [5.74, 6) is 0.418. The van der Waals surface area contributed by atoms with Gasteiger partial charge >= 0.3 is 0 Å². The largest absolute Gasteiger partial charge is 0.359 e. The number of nitrogens with one attached hydrogen (secondary N) is 1. The van der Waals surface area contributed by atoms with Crippen molar-refractivity contribution in [1.29, 1.82) is 0 Å². The molecule has 26 heavy (non-hydrogen) atoms. The number of piperidine rings is 1. The van der Waals surface area contributed by atoms with E-state index in [1.54, 1.807) is 0 Å². The molecule has 0 radical (unpaired) electrons. The second-order valence-corrected chi connectivity index (χ2v) is 6.54. The minimum atomic E-state index is -0.274. The quantitative estimate of drug-likeness (QED) is 0.864. The molecule has 0 unspecified atom stereocenters. The molecule has 0 aliphatic carbocycles. The maximum atomic E-state index is 12.9. The van der Waals surface area contributed by atoms with E-state index in [2.05, 4.69) is 10.5 Å². The molecule has 1 saturated heterocycles. The summed E-state index contributed by atoms with van der Waals surface area (Å²) < 4.78 is 5.23. The van der Waals surface area contributed by atoms with Crippen molar-refractivity contribution in [2.45, 2.75) is 45.7 Å². The summed E-state index contributed by atoms with van der Waals surface area (Å²) in [5, 5.41) is 6.90. The van der Waals surface area contributed by atoms with Crippen molar-refractivity contribution >= 4 is 11.8 Å². The van der Waals surface area contributed by atoms with Gasteiger partial charge in [-0.1, -0.05) is 42.4 Å². The van der Waals surface area contributed by atoms with E-state index in [9.17, 15) is 9.59 Å². The molecule has 1 aromatic carbocycles. The van der Waals surface area contributed by atoms with Gasteiger partial charge in [0.05, 0.1) is 24.2 Å². The summed E-state index contributed by atoms with van der Waals surface area (Å²) in [5.41, 5.74) is 1.87. The van der Waals surface area contributed by atoms with Gasteiger partial charge in [0.2, 0.25) is 11.8 Å².